The van der Waals surface area contributed by atoms with E-state index in [0.717, 1.165) is 0 Å². The molecule has 0 spiro atoms. The first-order valence-electron chi connectivity index (χ1n) is 2.52. The molecule has 0 aromatic rings. The third kappa shape index (κ3) is 4.17. The van der Waals surface area contributed by atoms with Crippen molar-refractivity contribution < 1.29 is 27.0 Å². The molecule has 0 unspecified atom stereocenters. The predicted octanol–water partition coefficient (Wildman–Crippen LogP) is -1.61. The van der Waals surface area contributed by atoms with Gasteiger partial charge in [-0.2, -0.15) is 0 Å². The van der Waals surface area contributed by atoms with Crippen LogP contribution in [0.5, 0.6) is 0 Å². The van der Waals surface area contributed by atoms with Gasteiger partial charge in [-0.15, -0.1) is 4.75 Å². The number of carbonyl (C=O) groups excluding carboxylic acids is 1. The van der Waals surface area contributed by atoms with Crippen molar-refractivity contribution in [2.45, 2.75) is 24.6 Å². The van der Waals surface area contributed by atoms with E-state index < -0.39 is 16.8 Å². The van der Waals surface area contributed by atoms with Crippen LogP contribution in [0.3, 0.4) is 0 Å². The van der Waals surface area contributed by atoms with Crippen LogP contribution in [-0.4, -0.2) is 16.8 Å². The van der Waals surface area contributed by atoms with Gasteiger partial charge in [0.25, 0.3) is 0 Å². The van der Waals surface area contributed by atoms with Crippen molar-refractivity contribution >= 4 is 18.6 Å². The van der Waals surface area contributed by atoms with E-state index in [1.807, 2.05) is 0 Å². The first kappa shape index (κ1) is 12.9. The Labute approximate surface area is 76.2 Å². The van der Waals surface area contributed by atoms with Gasteiger partial charge >= 0.3 is 17.1 Å². The van der Waals surface area contributed by atoms with E-state index in [1.165, 1.54) is 0 Å². The van der Waals surface area contributed by atoms with Gasteiger partial charge in [-0.1, -0.05) is 13.8 Å². The van der Waals surface area contributed by atoms with Gasteiger partial charge in [-0.25, -0.2) is 0 Å². The second kappa shape index (κ2) is 4.23. The van der Waals surface area contributed by atoms with E-state index in [4.69, 9.17) is 18.4 Å². The summed E-state index contributed by atoms with van der Waals surface area (Å²) < 4.78 is -0.821. The molecule has 0 heterocycles. The summed E-state index contributed by atoms with van der Waals surface area (Å²) in [5.74, 6) is -1.30. The summed E-state index contributed by atoms with van der Waals surface area (Å²) in [5, 5.41) is 10.0. The minimum absolute atomic E-state index is 0. The van der Waals surface area contributed by atoms with Crippen LogP contribution in [0, 0.1) is 0 Å². The molecule has 0 aromatic heterocycles. The summed E-state index contributed by atoms with van der Waals surface area (Å²) in [5.41, 5.74) is 5.13. The zero-order chi connectivity index (χ0) is 7.65. The van der Waals surface area contributed by atoms with Crippen LogP contribution in [0.15, 0.2) is 0 Å². The maximum atomic E-state index is 10.0. The predicted molar refractivity (Wildman–Crippen MR) is 34.4 cm³/mol. The average molecular weight is 211 g/mol. The third-order valence-corrected chi connectivity index (χ3v) is 1.26. The second-order valence-electron chi connectivity index (χ2n) is 2.40. The Morgan fingerprint density at radius 3 is 2.00 bits per heavy atom. The smallest absolute Gasteiger partial charge is 0.785 e. The molecule has 0 aliphatic rings. The average Bonchev–Trinajstić information content (AvgIpc) is 1.62. The van der Waals surface area contributed by atoms with Crippen LogP contribution in [0.25, 0.3) is 0 Å². The summed E-state index contributed by atoms with van der Waals surface area (Å²) in [6.45, 7) is 3.14. The van der Waals surface area contributed by atoms with Gasteiger partial charge in [0.1, 0.15) is 0 Å². The van der Waals surface area contributed by atoms with E-state index in [-0.39, 0.29) is 17.1 Å². The van der Waals surface area contributed by atoms with Crippen LogP contribution in [-0.2, 0) is 34.5 Å². The summed E-state index contributed by atoms with van der Waals surface area (Å²) >= 11 is 4.74. The van der Waals surface area contributed by atoms with Crippen molar-refractivity contribution in [1.29, 1.82) is 0 Å². The molecule has 2 N–H and O–H groups in total. The Kier molecular flexibility index (Phi) is 5.48. The van der Waals surface area contributed by atoms with Crippen molar-refractivity contribution in [3.8, 4) is 0 Å². The number of hydrogen-bond acceptors (Lipinski definition) is 4. The second-order valence-corrected chi connectivity index (χ2v) is 3.45. The molecule has 0 bridgehead atoms. The summed E-state index contributed by atoms with van der Waals surface area (Å²) in [6.07, 6.45) is 0. The van der Waals surface area contributed by atoms with E-state index in [0.29, 0.717) is 0 Å². The first-order valence-corrected chi connectivity index (χ1v) is 2.93. The van der Waals surface area contributed by atoms with E-state index in [2.05, 4.69) is 0 Å². The van der Waals surface area contributed by atoms with Gasteiger partial charge in [0.05, 0.1) is 5.97 Å². The topological polar surface area (TPSA) is 66.2 Å². The minimum Gasteiger partial charge on any atom is -0.785 e. The molecule has 0 fully saturated rings. The van der Waals surface area contributed by atoms with Crippen molar-refractivity contribution in [2.24, 2.45) is 5.73 Å². The van der Waals surface area contributed by atoms with E-state index >= 15 is 0 Å². The van der Waals surface area contributed by atoms with Crippen molar-refractivity contribution in [3.05, 3.63) is 0 Å². The van der Waals surface area contributed by atoms with Crippen LogP contribution in [0.2, 0.25) is 0 Å². The van der Waals surface area contributed by atoms with Gasteiger partial charge in [0.2, 0.25) is 0 Å². The summed E-state index contributed by atoms with van der Waals surface area (Å²) in [7, 11) is 0. The first-order chi connectivity index (χ1) is 3.85. The molecule has 0 amide bonds. The number of carboxylic acids is 1. The maximum Gasteiger partial charge on any atom is 2.00 e. The molecule has 1 radical (unpaired) electrons. The molecule has 0 saturated carbocycles. The Hall–Kier alpha value is 0.299. The van der Waals surface area contributed by atoms with Gasteiger partial charge in [-0.05, 0) is 0 Å². The zero-order valence-corrected chi connectivity index (χ0v) is 7.44. The fraction of sp³-hybridized carbons (Fsp3) is 0.800. The molecule has 0 rings (SSSR count). The zero-order valence-electron chi connectivity index (χ0n) is 5.68. The maximum absolute atomic E-state index is 10.0. The van der Waals surface area contributed by atoms with E-state index in [1.54, 1.807) is 13.8 Å². The number of hydrogen-bond donors (Lipinski definition) is 1. The van der Waals surface area contributed by atoms with Crippen molar-refractivity contribution in [3.63, 3.8) is 0 Å². The number of carboxylic acid groups (broad SMARTS) is 1. The quantitative estimate of drug-likeness (QED) is 0.440. The van der Waals surface area contributed by atoms with Crippen LogP contribution < -0.4 is 10.8 Å². The summed E-state index contributed by atoms with van der Waals surface area (Å²) in [4.78, 5) is 10.0. The Morgan fingerprint density at radius 2 is 2.00 bits per heavy atom. The molecule has 0 aliphatic carbocycles. The van der Waals surface area contributed by atoms with Crippen LogP contribution >= 0.6 is 0 Å². The molecule has 1 atom stereocenters. The minimum atomic E-state index is -1.30. The normalized spacial score (nSPS) is 13.6. The Balaban J connectivity index is 0. The van der Waals surface area contributed by atoms with Gasteiger partial charge in [0, 0.05) is 6.04 Å². The number of rotatable bonds is 2. The van der Waals surface area contributed by atoms with Crippen molar-refractivity contribution in [2.75, 3.05) is 0 Å². The summed E-state index contributed by atoms with van der Waals surface area (Å²) in [6, 6.07) is -1.06. The monoisotopic (exact) mass is 210 g/mol. The molecule has 3 nitrogen and oxygen atoms in total. The van der Waals surface area contributed by atoms with Crippen LogP contribution in [0.4, 0.5) is 0 Å². The van der Waals surface area contributed by atoms with Gasteiger partial charge in [0.15, 0.2) is 0 Å². The van der Waals surface area contributed by atoms with Crippen molar-refractivity contribution in [1.82, 2.24) is 0 Å². The number of nitrogens with two attached hydrogens (primary N) is 1. The number of carbonyl (C=O) groups is 1. The Morgan fingerprint density at radius 1 is 1.70 bits per heavy atom. The Bertz CT molecular complexity index is 123. The molecule has 5 heteroatoms. The van der Waals surface area contributed by atoms with Crippen LogP contribution in [0.1, 0.15) is 13.8 Å². The van der Waals surface area contributed by atoms with Gasteiger partial charge < -0.3 is 28.3 Å². The van der Waals surface area contributed by atoms with Gasteiger partial charge in [-0.3, -0.25) is 0 Å². The largest absolute Gasteiger partial charge is 2.00 e. The molecule has 63 valence electrons. The standard InChI is InChI=1S/C5H11NO2S.Cu/c1-5(2,9)3(6)4(7)8;/h3,9H,6H2,1-2H3,(H,7,8);/q;+2/p-2/t3-;/m0./s1. The molecule has 10 heavy (non-hydrogen) atoms. The SMILES string of the molecule is CC(C)([S-])[C@@H](N)C(=O)[O-].[Cu+2]. The fourth-order valence-electron chi connectivity index (χ4n) is 0.284. The molecule has 0 aliphatic heterocycles. The van der Waals surface area contributed by atoms with E-state index in [9.17, 15) is 9.90 Å². The molecular formula is C5H9CuNO2S. The molecule has 0 aromatic carbocycles. The third-order valence-electron chi connectivity index (χ3n) is 1.00. The fourth-order valence-corrected chi connectivity index (χ4v) is 0.380. The number of aliphatic carboxylic acids is 1. The molecular weight excluding hydrogens is 202 g/mol. The molecule has 0 saturated heterocycles.